The number of nitrogens with zero attached hydrogens (tertiary/aromatic N) is 1. The van der Waals surface area contributed by atoms with Crippen LogP contribution in [-0.2, 0) is 4.79 Å². The van der Waals surface area contributed by atoms with Crippen LogP contribution in [0.25, 0.3) is 0 Å². The Morgan fingerprint density at radius 1 is 1.08 bits per heavy atom. The second kappa shape index (κ2) is 8.87. The molecule has 0 radical (unpaired) electrons. The molecule has 132 valence electrons. The first-order chi connectivity index (χ1) is 12.0. The Morgan fingerprint density at radius 2 is 1.76 bits per heavy atom. The maximum Gasteiger partial charge on any atom is 0.262 e. The summed E-state index contributed by atoms with van der Waals surface area (Å²) in [6.07, 6.45) is 1.64. The summed E-state index contributed by atoms with van der Waals surface area (Å²) in [5, 5.41) is 7.14. The Bertz CT molecular complexity index is 724. The van der Waals surface area contributed by atoms with E-state index in [0.717, 1.165) is 11.3 Å². The predicted octanol–water partition coefficient (Wildman–Crippen LogP) is 3.77. The Balaban J connectivity index is 1.90. The van der Waals surface area contributed by atoms with Crippen molar-refractivity contribution in [1.82, 2.24) is 5.43 Å². The fourth-order valence-electron chi connectivity index (χ4n) is 2.30. The third kappa shape index (κ3) is 5.35. The normalized spacial score (nSPS) is 12.2. The zero-order valence-electron chi connectivity index (χ0n) is 15.1. The summed E-state index contributed by atoms with van der Waals surface area (Å²) in [5.41, 5.74) is 5.53. The molecular formula is C20H25N3O2. The minimum atomic E-state index is -0.447. The number of nitrogens with one attached hydrogen (secondary N) is 2. The second-order valence-corrected chi connectivity index (χ2v) is 6.12. The van der Waals surface area contributed by atoms with Gasteiger partial charge in [0.2, 0.25) is 0 Å². The van der Waals surface area contributed by atoms with Crippen LogP contribution in [0.3, 0.4) is 0 Å². The van der Waals surface area contributed by atoms with E-state index in [2.05, 4.69) is 41.8 Å². The molecule has 0 saturated heterocycles. The zero-order chi connectivity index (χ0) is 18.2. The molecule has 2 rings (SSSR count). The van der Waals surface area contributed by atoms with Crippen molar-refractivity contribution in [3.05, 3.63) is 59.7 Å². The molecule has 0 bridgehead atoms. The monoisotopic (exact) mass is 339 g/mol. The summed E-state index contributed by atoms with van der Waals surface area (Å²) < 4.78 is 5.27. The summed E-state index contributed by atoms with van der Waals surface area (Å²) in [5.74, 6) is 0.962. The van der Waals surface area contributed by atoms with Gasteiger partial charge in [0.1, 0.15) is 11.8 Å². The first kappa shape index (κ1) is 18.5. The first-order valence-electron chi connectivity index (χ1n) is 8.33. The van der Waals surface area contributed by atoms with Crippen molar-refractivity contribution in [2.24, 2.45) is 5.10 Å². The van der Waals surface area contributed by atoms with Crippen LogP contribution in [0, 0.1) is 0 Å². The standard InChI is InChI=1S/C20H25N3O2/c1-14(2)17-11-9-16(10-12-17)13-21-23-20(24)15(3)22-18-7-5-6-8-19(18)25-4/h5-15,22H,1-4H3,(H,23,24)/b21-13-/t15-/m1/s1. The van der Waals surface area contributed by atoms with Gasteiger partial charge in [-0.05, 0) is 36.1 Å². The molecule has 0 fully saturated rings. The number of hydrazone groups is 1. The van der Waals surface area contributed by atoms with E-state index in [9.17, 15) is 4.79 Å². The lowest BCUT2D eigenvalue weighted by Crippen LogP contribution is -2.35. The van der Waals surface area contributed by atoms with Crippen molar-refractivity contribution in [1.29, 1.82) is 0 Å². The van der Waals surface area contributed by atoms with E-state index < -0.39 is 6.04 Å². The van der Waals surface area contributed by atoms with E-state index in [4.69, 9.17) is 4.74 Å². The number of carbonyl (C=O) groups is 1. The van der Waals surface area contributed by atoms with Crippen molar-refractivity contribution in [3.63, 3.8) is 0 Å². The highest BCUT2D eigenvalue weighted by Gasteiger charge is 2.13. The van der Waals surface area contributed by atoms with Crippen molar-refractivity contribution in [3.8, 4) is 5.75 Å². The summed E-state index contributed by atoms with van der Waals surface area (Å²) in [4.78, 5) is 12.2. The van der Waals surface area contributed by atoms with Crippen molar-refractivity contribution in [2.45, 2.75) is 32.7 Å². The molecule has 25 heavy (non-hydrogen) atoms. The largest absolute Gasteiger partial charge is 0.495 e. The average Bonchev–Trinajstić information content (AvgIpc) is 2.62. The molecule has 0 saturated carbocycles. The maximum absolute atomic E-state index is 12.2. The first-order valence-corrected chi connectivity index (χ1v) is 8.33. The smallest absolute Gasteiger partial charge is 0.262 e. The van der Waals surface area contributed by atoms with E-state index in [1.807, 2.05) is 36.4 Å². The van der Waals surface area contributed by atoms with E-state index in [1.165, 1.54) is 5.56 Å². The third-order valence-corrected chi connectivity index (χ3v) is 3.86. The quantitative estimate of drug-likeness (QED) is 0.596. The number of ether oxygens (including phenoxy) is 1. The zero-order valence-corrected chi connectivity index (χ0v) is 15.1. The number of anilines is 1. The Hall–Kier alpha value is -2.82. The summed E-state index contributed by atoms with van der Waals surface area (Å²) >= 11 is 0. The molecule has 5 heteroatoms. The molecule has 0 heterocycles. The van der Waals surface area contributed by atoms with Crippen LogP contribution in [0.15, 0.2) is 53.6 Å². The van der Waals surface area contributed by atoms with Crippen molar-refractivity contribution < 1.29 is 9.53 Å². The topological polar surface area (TPSA) is 62.7 Å². The minimum Gasteiger partial charge on any atom is -0.495 e. The molecule has 2 N–H and O–H groups in total. The van der Waals surface area contributed by atoms with Crippen LogP contribution >= 0.6 is 0 Å². The van der Waals surface area contributed by atoms with E-state index in [0.29, 0.717) is 11.7 Å². The van der Waals surface area contributed by atoms with Crippen LogP contribution in [0.1, 0.15) is 37.8 Å². The average molecular weight is 339 g/mol. The number of methoxy groups -OCH3 is 1. The van der Waals surface area contributed by atoms with Crippen molar-refractivity contribution in [2.75, 3.05) is 12.4 Å². The highest BCUT2D eigenvalue weighted by atomic mass is 16.5. The summed E-state index contributed by atoms with van der Waals surface area (Å²) in [7, 11) is 1.60. The van der Waals surface area contributed by atoms with Gasteiger partial charge in [0.25, 0.3) is 5.91 Å². The molecule has 2 aromatic carbocycles. The summed E-state index contributed by atoms with van der Waals surface area (Å²) in [6, 6.07) is 15.1. The number of para-hydroxylation sites is 2. The van der Waals surface area contributed by atoms with Crippen LogP contribution in [0.4, 0.5) is 5.69 Å². The maximum atomic E-state index is 12.2. The molecule has 0 aromatic heterocycles. The van der Waals surface area contributed by atoms with Gasteiger partial charge in [0, 0.05) is 0 Å². The SMILES string of the molecule is COc1ccccc1N[C@H](C)C(=O)N/N=C\c1ccc(C(C)C)cc1. The number of amides is 1. The van der Waals surface area contributed by atoms with E-state index >= 15 is 0 Å². The van der Waals surface area contributed by atoms with Gasteiger partial charge in [-0.25, -0.2) is 5.43 Å². The Labute approximate surface area is 149 Å². The minimum absolute atomic E-state index is 0.221. The van der Waals surface area contributed by atoms with Gasteiger partial charge in [-0.1, -0.05) is 50.2 Å². The fraction of sp³-hybridized carbons (Fsp3) is 0.300. The molecular weight excluding hydrogens is 314 g/mol. The number of rotatable bonds is 7. The molecule has 0 aliphatic rings. The molecule has 5 nitrogen and oxygen atoms in total. The molecule has 2 aromatic rings. The van der Waals surface area contributed by atoms with Gasteiger partial charge in [0.15, 0.2) is 0 Å². The van der Waals surface area contributed by atoms with Crippen LogP contribution in [-0.4, -0.2) is 25.3 Å². The summed E-state index contributed by atoms with van der Waals surface area (Å²) in [6.45, 7) is 6.08. The highest BCUT2D eigenvalue weighted by Crippen LogP contribution is 2.23. The van der Waals surface area contributed by atoms with Gasteiger partial charge in [-0.2, -0.15) is 5.10 Å². The highest BCUT2D eigenvalue weighted by molar-refractivity contribution is 5.86. The third-order valence-electron chi connectivity index (χ3n) is 3.86. The fourth-order valence-corrected chi connectivity index (χ4v) is 2.30. The van der Waals surface area contributed by atoms with Gasteiger partial charge < -0.3 is 10.1 Å². The van der Waals surface area contributed by atoms with Gasteiger partial charge in [-0.15, -0.1) is 0 Å². The second-order valence-electron chi connectivity index (χ2n) is 6.12. The van der Waals surface area contributed by atoms with Crippen molar-refractivity contribution >= 4 is 17.8 Å². The Kier molecular flexibility index (Phi) is 6.57. The van der Waals surface area contributed by atoms with Gasteiger partial charge >= 0.3 is 0 Å². The number of hydrogen-bond donors (Lipinski definition) is 2. The lowest BCUT2D eigenvalue weighted by Gasteiger charge is -2.15. The molecule has 0 aliphatic heterocycles. The molecule has 1 atom stereocenters. The van der Waals surface area contributed by atoms with Gasteiger partial charge in [-0.3, -0.25) is 4.79 Å². The molecule has 0 aliphatic carbocycles. The van der Waals surface area contributed by atoms with Crippen LogP contribution < -0.4 is 15.5 Å². The number of hydrogen-bond acceptors (Lipinski definition) is 4. The molecule has 0 unspecified atom stereocenters. The lowest BCUT2D eigenvalue weighted by atomic mass is 10.0. The van der Waals surface area contributed by atoms with Crippen LogP contribution in [0.2, 0.25) is 0 Å². The van der Waals surface area contributed by atoms with Gasteiger partial charge in [0.05, 0.1) is 19.0 Å². The van der Waals surface area contributed by atoms with Crippen LogP contribution in [0.5, 0.6) is 5.75 Å². The van der Waals surface area contributed by atoms with E-state index in [1.54, 1.807) is 20.2 Å². The lowest BCUT2D eigenvalue weighted by molar-refractivity contribution is -0.121. The molecule has 1 amide bonds. The number of carbonyl (C=O) groups excluding carboxylic acids is 1. The van der Waals surface area contributed by atoms with E-state index in [-0.39, 0.29) is 5.91 Å². The number of benzene rings is 2. The molecule has 0 spiro atoms. The Morgan fingerprint density at radius 3 is 2.40 bits per heavy atom. The predicted molar refractivity (Wildman–Crippen MR) is 102 cm³/mol.